The van der Waals surface area contributed by atoms with Crippen LogP contribution in [-0.4, -0.2) is 55.4 Å². The van der Waals surface area contributed by atoms with Crippen LogP contribution in [0.4, 0.5) is 17.1 Å². The van der Waals surface area contributed by atoms with Crippen molar-refractivity contribution in [2.75, 3.05) is 54.9 Å². The minimum absolute atomic E-state index is 0.268. The van der Waals surface area contributed by atoms with Crippen LogP contribution in [0.25, 0.3) is 0 Å². The smallest absolute Gasteiger partial charge is 0.121 e. The lowest BCUT2D eigenvalue weighted by Crippen LogP contribution is -2.49. The number of anilines is 3. The first-order valence-electron chi connectivity index (χ1n) is 9.47. The Morgan fingerprint density at radius 2 is 1.75 bits per heavy atom. The number of fused-ring (bicyclic) bond motifs is 1. The van der Waals surface area contributed by atoms with Gasteiger partial charge < -0.3 is 25.4 Å². The molecule has 6 nitrogen and oxygen atoms in total. The number of aliphatic hydroxyl groups excluding tert-OH is 1. The second-order valence-corrected chi connectivity index (χ2v) is 7.60. The van der Waals surface area contributed by atoms with Crippen molar-refractivity contribution in [3.05, 3.63) is 59.9 Å². The molecule has 0 spiro atoms. The van der Waals surface area contributed by atoms with Crippen LogP contribution in [0.5, 0.6) is 5.75 Å². The van der Waals surface area contributed by atoms with Crippen LogP contribution in [0.15, 0.2) is 54.9 Å². The molecule has 2 aromatic carbocycles. The number of rotatable bonds is 6. The minimum Gasteiger partial charge on any atom is -0.491 e. The number of piperazine rings is 1. The summed E-state index contributed by atoms with van der Waals surface area (Å²) in [6.45, 7) is 8.42. The average Bonchev–Trinajstić information content (AvgIpc) is 3.07. The van der Waals surface area contributed by atoms with E-state index < -0.39 is 6.10 Å². The van der Waals surface area contributed by atoms with Gasteiger partial charge in [0.25, 0.3) is 0 Å². The summed E-state index contributed by atoms with van der Waals surface area (Å²) in [7, 11) is 0. The Hall–Kier alpha value is -2.41. The van der Waals surface area contributed by atoms with E-state index in [9.17, 15) is 5.11 Å². The van der Waals surface area contributed by atoms with Crippen LogP contribution in [0.1, 0.15) is 0 Å². The van der Waals surface area contributed by atoms with Gasteiger partial charge in [0.2, 0.25) is 0 Å². The Labute approximate surface area is 170 Å². The minimum atomic E-state index is -0.531. The third kappa shape index (κ3) is 4.52. The van der Waals surface area contributed by atoms with Gasteiger partial charge in [-0.1, -0.05) is 18.2 Å². The Morgan fingerprint density at radius 1 is 1.04 bits per heavy atom. The molecule has 4 rings (SSSR count). The van der Waals surface area contributed by atoms with Crippen molar-refractivity contribution >= 4 is 28.7 Å². The molecular weight excluding hydrogens is 376 g/mol. The van der Waals surface area contributed by atoms with Crippen molar-refractivity contribution < 1.29 is 9.84 Å². The van der Waals surface area contributed by atoms with Gasteiger partial charge in [0, 0.05) is 49.5 Å². The molecule has 0 amide bonds. The summed E-state index contributed by atoms with van der Waals surface area (Å²) < 4.78 is 5.77. The van der Waals surface area contributed by atoms with E-state index in [0.717, 1.165) is 54.1 Å². The molecule has 148 valence electrons. The molecule has 0 aromatic heterocycles. The number of halogens is 1. The van der Waals surface area contributed by atoms with Gasteiger partial charge >= 0.3 is 0 Å². The maximum absolute atomic E-state index is 10.4. The van der Waals surface area contributed by atoms with E-state index in [1.54, 1.807) is 0 Å². The highest BCUT2D eigenvalue weighted by Crippen LogP contribution is 2.33. The number of aliphatic hydroxyl groups is 1. The molecule has 0 radical (unpaired) electrons. The zero-order chi connectivity index (χ0) is 19.5. The Kier molecular flexibility index (Phi) is 5.62. The van der Waals surface area contributed by atoms with Crippen LogP contribution < -0.4 is 20.3 Å². The molecule has 3 N–H and O–H groups in total. The van der Waals surface area contributed by atoms with Gasteiger partial charge in [-0.05, 0) is 36.4 Å². The summed E-state index contributed by atoms with van der Waals surface area (Å²) in [6, 6.07) is 13.7. The molecule has 1 fully saturated rings. The van der Waals surface area contributed by atoms with Crippen LogP contribution in [0.3, 0.4) is 0 Å². The lowest BCUT2D eigenvalue weighted by atomic mass is 10.2. The van der Waals surface area contributed by atoms with E-state index in [-0.39, 0.29) is 6.61 Å². The van der Waals surface area contributed by atoms with Gasteiger partial charge in [-0.25, -0.2) is 0 Å². The SMILES string of the molecule is C=C1Nc2ccc(OC[C@@H](O)CN3CCN(c4ccc(Cl)cc4)CC3)cc2N1. The number of nitrogens with one attached hydrogen (secondary N) is 2. The Morgan fingerprint density at radius 3 is 2.50 bits per heavy atom. The second-order valence-electron chi connectivity index (χ2n) is 7.16. The highest BCUT2D eigenvalue weighted by molar-refractivity contribution is 6.30. The fourth-order valence-electron chi connectivity index (χ4n) is 3.57. The van der Waals surface area contributed by atoms with Gasteiger partial charge in [-0.15, -0.1) is 0 Å². The molecule has 0 unspecified atom stereocenters. The standard InChI is InChI=1S/C21H25ClN4O2/c1-15-23-20-7-6-19(12-21(20)24-15)28-14-18(27)13-25-8-10-26(11-9-25)17-4-2-16(22)3-5-17/h2-7,12,18,23-24,27H,1,8-11,13-14H2/t18-/m0/s1. The van der Waals surface area contributed by atoms with E-state index in [1.807, 2.05) is 30.3 Å². The molecule has 28 heavy (non-hydrogen) atoms. The summed E-state index contributed by atoms with van der Waals surface area (Å²) in [5, 5.41) is 17.4. The number of β-amino-alcohol motifs (C(OH)–C–C–N with tert-alkyl or cyclic N) is 1. The molecule has 0 aliphatic carbocycles. The third-order valence-corrected chi connectivity index (χ3v) is 5.29. The first-order valence-corrected chi connectivity index (χ1v) is 9.85. The highest BCUT2D eigenvalue weighted by atomic mass is 35.5. The van der Waals surface area contributed by atoms with Crippen LogP contribution >= 0.6 is 11.6 Å². The molecule has 2 aromatic rings. The van der Waals surface area contributed by atoms with Gasteiger partial charge in [0.15, 0.2) is 0 Å². The third-order valence-electron chi connectivity index (χ3n) is 5.04. The number of hydrogen-bond donors (Lipinski definition) is 3. The predicted octanol–water partition coefficient (Wildman–Crippen LogP) is 3.21. The maximum Gasteiger partial charge on any atom is 0.121 e. The summed E-state index contributed by atoms with van der Waals surface area (Å²) in [6.07, 6.45) is -0.531. The van der Waals surface area contributed by atoms with Crippen molar-refractivity contribution in [1.29, 1.82) is 0 Å². The quantitative estimate of drug-likeness (QED) is 0.692. The highest BCUT2D eigenvalue weighted by Gasteiger charge is 2.20. The summed E-state index contributed by atoms with van der Waals surface area (Å²) in [5.74, 6) is 1.49. The molecule has 0 bridgehead atoms. The average molecular weight is 401 g/mol. The number of nitrogens with zero attached hydrogens (tertiary/aromatic N) is 2. The van der Waals surface area contributed by atoms with Crippen LogP contribution in [-0.2, 0) is 0 Å². The summed E-state index contributed by atoms with van der Waals surface area (Å²) in [5.41, 5.74) is 3.11. The zero-order valence-corrected chi connectivity index (χ0v) is 16.5. The molecule has 2 heterocycles. The Bertz CT molecular complexity index is 835. The van der Waals surface area contributed by atoms with E-state index >= 15 is 0 Å². The topological polar surface area (TPSA) is 60.0 Å². The molecule has 2 aliphatic heterocycles. The van der Waals surface area contributed by atoms with E-state index in [2.05, 4.69) is 39.1 Å². The van der Waals surface area contributed by atoms with Gasteiger partial charge in [0.05, 0.1) is 11.4 Å². The van der Waals surface area contributed by atoms with Crippen molar-refractivity contribution in [2.24, 2.45) is 0 Å². The summed E-state index contributed by atoms with van der Waals surface area (Å²) >= 11 is 5.96. The second kappa shape index (κ2) is 8.31. The molecule has 0 saturated carbocycles. The first kappa shape index (κ1) is 18.9. The van der Waals surface area contributed by atoms with Crippen LogP contribution in [0.2, 0.25) is 5.02 Å². The first-order chi connectivity index (χ1) is 13.6. The fraction of sp³-hybridized carbons (Fsp3) is 0.333. The predicted molar refractivity (Wildman–Crippen MR) is 114 cm³/mol. The van der Waals surface area contributed by atoms with Gasteiger partial charge in [-0.2, -0.15) is 0 Å². The van der Waals surface area contributed by atoms with Crippen molar-refractivity contribution in [2.45, 2.75) is 6.10 Å². The lowest BCUT2D eigenvalue weighted by molar-refractivity contribution is 0.0663. The monoisotopic (exact) mass is 400 g/mol. The van der Waals surface area contributed by atoms with Crippen LogP contribution in [0, 0.1) is 0 Å². The van der Waals surface area contributed by atoms with E-state index in [4.69, 9.17) is 16.3 Å². The largest absolute Gasteiger partial charge is 0.491 e. The lowest BCUT2D eigenvalue weighted by Gasteiger charge is -2.36. The number of benzene rings is 2. The van der Waals surface area contributed by atoms with E-state index in [0.29, 0.717) is 6.54 Å². The Balaban J connectivity index is 1.22. The summed E-state index contributed by atoms with van der Waals surface area (Å²) in [4.78, 5) is 4.62. The van der Waals surface area contributed by atoms with Gasteiger partial charge in [0.1, 0.15) is 24.3 Å². The molecule has 1 saturated heterocycles. The fourth-order valence-corrected chi connectivity index (χ4v) is 3.69. The number of hydrogen-bond acceptors (Lipinski definition) is 6. The van der Waals surface area contributed by atoms with Crippen molar-refractivity contribution in [3.63, 3.8) is 0 Å². The normalized spacial score (nSPS) is 17.6. The molecule has 1 atom stereocenters. The molecular formula is C21H25ClN4O2. The number of ether oxygens (including phenoxy) is 1. The van der Waals surface area contributed by atoms with Crippen molar-refractivity contribution in [1.82, 2.24) is 4.90 Å². The molecule has 2 aliphatic rings. The van der Waals surface area contributed by atoms with E-state index in [1.165, 1.54) is 5.69 Å². The van der Waals surface area contributed by atoms with Gasteiger partial charge in [-0.3, -0.25) is 4.90 Å². The van der Waals surface area contributed by atoms with Crippen molar-refractivity contribution in [3.8, 4) is 5.75 Å². The maximum atomic E-state index is 10.4. The molecule has 7 heteroatoms. The zero-order valence-electron chi connectivity index (χ0n) is 15.7.